The molecule has 0 spiro atoms. The van der Waals surface area contributed by atoms with E-state index in [1.165, 1.54) is 6.07 Å². The predicted molar refractivity (Wildman–Crippen MR) is 98.1 cm³/mol. The van der Waals surface area contributed by atoms with Gasteiger partial charge in [0.25, 0.3) is 0 Å². The first-order valence-corrected chi connectivity index (χ1v) is 8.47. The lowest BCUT2D eigenvalue weighted by Crippen LogP contribution is -2.30. The van der Waals surface area contributed by atoms with E-state index in [0.29, 0.717) is 47.8 Å². The molecular weight excluding hydrogens is 351 g/mol. The largest absolute Gasteiger partial charge is 0.382 e. The van der Waals surface area contributed by atoms with E-state index < -0.39 is 0 Å². The van der Waals surface area contributed by atoms with Crippen molar-refractivity contribution < 1.29 is 9.13 Å². The monoisotopic (exact) mass is 370 g/mol. The van der Waals surface area contributed by atoms with Crippen LogP contribution < -0.4 is 10.6 Å². The Kier molecular flexibility index (Phi) is 7.42. The fourth-order valence-corrected chi connectivity index (χ4v) is 2.43. The molecule has 0 aliphatic heterocycles. The molecule has 0 amide bonds. The molecule has 2 rings (SSSR count). The highest BCUT2D eigenvalue weighted by Crippen LogP contribution is 2.20. The van der Waals surface area contributed by atoms with Gasteiger partial charge in [0.05, 0.1) is 6.54 Å². The fourth-order valence-electron chi connectivity index (χ4n) is 2.04. The second-order valence-electron chi connectivity index (χ2n) is 5.05. The van der Waals surface area contributed by atoms with Gasteiger partial charge in [-0.25, -0.2) is 4.39 Å². The van der Waals surface area contributed by atoms with Crippen molar-refractivity contribution in [2.45, 2.75) is 19.9 Å². The van der Waals surface area contributed by atoms with Gasteiger partial charge in [0.2, 0.25) is 0 Å². The summed E-state index contributed by atoms with van der Waals surface area (Å²) in [5, 5.41) is 11.2. The molecule has 0 fully saturated rings. The lowest BCUT2D eigenvalue weighted by Gasteiger charge is -2.09. The first-order valence-electron chi connectivity index (χ1n) is 7.69. The fraction of sp³-hybridized carbons (Fsp3) is 0.375. The van der Waals surface area contributed by atoms with Crippen LogP contribution in [-0.2, 0) is 11.3 Å². The molecule has 24 heavy (non-hydrogen) atoms. The summed E-state index contributed by atoms with van der Waals surface area (Å²) in [6.45, 7) is 4.34. The average Bonchev–Trinajstić information content (AvgIpc) is 2.89. The van der Waals surface area contributed by atoms with Crippen molar-refractivity contribution >= 4 is 34.7 Å². The minimum Gasteiger partial charge on any atom is -0.382 e. The minimum absolute atomic E-state index is 0.273. The number of benzene rings is 1. The zero-order valence-corrected chi connectivity index (χ0v) is 15.0. The lowest BCUT2D eigenvalue weighted by atomic mass is 10.2. The van der Waals surface area contributed by atoms with Gasteiger partial charge >= 0.3 is 0 Å². The molecule has 0 radical (unpaired) electrons. The summed E-state index contributed by atoms with van der Waals surface area (Å²) in [4.78, 5) is 0. The summed E-state index contributed by atoms with van der Waals surface area (Å²) in [5.74, 6) is 0.167. The standard InChI is InChI=1S/C16H20ClFN4OS/c1-2-23-9-5-8-19-16(24)20-15-13(17)11-22(21-15)10-12-6-3-4-7-14(12)18/h3-4,6-7,11H,2,5,8-10H2,1H3,(H2,19,20,21,24). The number of nitrogens with zero attached hydrogens (tertiary/aromatic N) is 2. The van der Waals surface area contributed by atoms with Crippen LogP contribution in [0.2, 0.25) is 5.02 Å². The number of anilines is 1. The third kappa shape index (κ3) is 5.74. The molecule has 1 aromatic carbocycles. The van der Waals surface area contributed by atoms with Crippen molar-refractivity contribution in [3.05, 3.63) is 46.9 Å². The van der Waals surface area contributed by atoms with Gasteiger partial charge in [-0.15, -0.1) is 0 Å². The lowest BCUT2D eigenvalue weighted by molar-refractivity contribution is 0.146. The van der Waals surface area contributed by atoms with Gasteiger partial charge in [-0.3, -0.25) is 4.68 Å². The number of nitrogens with one attached hydrogen (secondary N) is 2. The summed E-state index contributed by atoms with van der Waals surface area (Å²) in [7, 11) is 0. The van der Waals surface area contributed by atoms with Crippen molar-refractivity contribution in [1.29, 1.82) is 0 Å². The second kappa shape index (κ2) is 9.56. The van der Waals surface area contributed by atoms with Crippen molar-refractivity contribution in [3.8, 4) is 0 Å². The number of hydrogen-bond acceptors (Lipinski definition) is 3. The Bertz CT molecular complexity index is 680. The number of aromatic nitrogens is 2. The van der Waals surface area contributed by atoms with Crippen molar-refractivity contribution in [1.82, 2.24) is 15.1 Å². The van der Waals surface area contributed by atoms with Crippen LogP contribution in [0.15, 0.2) is 30.5 Å². The highest BCUT2D eigenvalue weighted by atomic mass is 35.5. The number of ether oxygens (including phenoxy) is 1. The molecule has 2 aromatic rings. The van der Waals surface area contributed by atoms with E-state index in [4.69, 9.17) is 28.6 Å². The zero-order valence-electron chi connectivity index (χ0n) is 13.4. The van der Waals surface area contributed by atoms with Crippen LogP contribution in [0.3, 0.4) is 0 Å². The molecule has 130 valence electrons. The quantitative estimate of drug-likeness (QED) is 0.550. The molecule has 1 aromatic heterocycles. The van der Waals surface area contributed by atoms with Crippen LogP contribution >= 0.6 is 23.8 Å². The summed E-state index contributed by atoms with van der Waals surface area (Å²) in [5.41, 5.74) is 0.542. The Morgan fingerprint density at radius 3 is 2.96 bits per heavy atom. The number of halogens is 2. The van der Waals surface area contributed by atoms with E-state index in [9.17, 15) is 4.39 Å². The summed E-state index contributed by atoms with van der Waals surface area (Å²) < 4.78 is 20.5. The minimum atomic E-state index is -0.273. The Morgan fingerprint density at radius 2 is 2.21 bits per heavy atom. The van der Waals surface area contributed by atoms with Crippen LogP contribution in [0.1, 0.15) is 18.9 Å². The van der Waals surface area contributed by atoms with Gasteiger partial charge in [-0.1, -0.05) is 29.8 Å². The Hall–Kier alpha value is -1.70. The van der Waals surface area contributed by atoms with E-state index in [2.05, 4.69) is 15.7 Å². The topological polar surface area (TPSA) is 51.1 Å². The zero-order chi connectivity index (χ0) is 17.4. The third-order valence-electron chi connectivity index (χ3n) is 3.19. The summed E-state index contributed by atoms with van der Waals surface area (Å²) in [6.07, 6.45) is 2.49. The van der Waals surface area contributed by atoms with Crippen LogP contribution in [0, 0.1) is 5.82 Å². The van der Waals surface area contributed by atoms with Gasteiger partial charge < -0.3 is 15.4 Å². The maximum absolute atomic E-state index is 13.7. The Labute approximate surface area is 151 Å². The van der Waals surface area contributed by atoms with E-state index in [1.54, 1.807) is 29.1 Å². The van der Waals surface area contributed by atoms with Gasteiger partial charge in [0, 0.05) is 31.5 Å². The van der Waals surface area contributed by atoms with Crippen molar-refractivity contribution in [2.75, 3.05) is 25.1 Å². The molecule has 8 heteroatoms. The maximum Gasteiger partial charge on any atom is 0.173 e. The van der Waals surface area contributed by atoms with Gasteiger partial charge in [-0.2, -0.15) is 5.10 Å². The molecule has 0 bridgehead atoms. The molecule has 0 aliphatic rings. The summed E-state index contributed by atoms with van der Waals surface area (Å²) in [6, 6.07) is 6.56. The van der Waals surface area contributed by atoms with Gasteiger partial charge in [-0.05, 0) is 31.6 Å². The molecule has 0 saturated heterocycles. The first kappa shape index (κ1) is 18.6. The van der Waals surface area contributed by atoms with Crippen molar-refractivity contribution in [3.63, 3.8) is 0 Å². The van der Waals surface area contributed by atoms with Crippen LogP contribution in [0.5, 0.6) is 0 Å². The summed E-state index contributed by atoms with van der Waals surface area (Å²) >= 11 is 11.4. The molecule has 1 heterocycles. The molecule has 2 N–H and O–H groups in total. The third-order valence-corrected chi connectivity index (χ3v) is 3.72. The SMILES string of the molecule is CCOCCCNC(=S)Nc1nn(Cc2ccccc2F)cc1Cl. The van der Waals surface area contributed by atoms with Gasteiger partial charge in [0.1, 0.15) is 10.8 Å². The van der Waals surface area contributed by atoms with E-state index in [-0.39, 0.29) is 5.82 Å². The Morgan fingerprint density at radius 1 is 1.42 bits per heavy atom. The number of thiocarbonyl (C=S) groups is 1. The normalized spacial score (nSPS) is 10.6. The van der Waals surface area contributed by atoms with Crippen LogP contribution in [-0.4, -0.2) is 34.7 Å². The van der Waals surface area contributed by atoms with E-state index in [0.717, 1.165) is 6.42 Å². The van der Waals surface area contributed by atoms with Gasteiger partial charge in [0.15, 0.2) is 10.9 Å². The molecule has 0 atom stereocenters. The number of rotatable bonds is 8. The molecule has 0 aliphatic carbocycles. The highest BCUT2D eigenvalue weighted by Gasteiger charge is 2.10. The Balaban J connectivity index is 1.87. The molecule has 0 saturated carbocycles. The van der Waals surface area contributed by atoms with E-state index >= 15 is 0 Å². The molecule has 5 nitrogen and oxygen atoms in total. The smallest absolute Gasteiger partial charge is 0.173 e. The van der Waals surface area contributed by atoms with Crippen molar-refractivity contribution in [2.24, 2.45) is 0 Å². The number of hydrogen-bond donors (Lipinski definition) is 2. The average molecular weight is 371 g/mol. The van der Waals surface area contributed by atoms with E-state index in [1.807, 2.05) is 6.92 Å². The molecule has 0 unspecified atom stereocenters. The highest BCUT2D eigenvalue weighted by molar-refractivity contribution is 7.80. The van der Waals surface area contributed by atoms with Crippen LogP contribution in [0.25, 0.3) is 0 Å². The molecular formula is C16H20ClFN4OS. The second-order valence-corrected chi connectivity index (χ2v) is 5.86. The predicted octanol–water partition coefficient (Wildman–Crippen LogP) is 3.44. The maximum atomic E-state index is 13.7. The van der Waals surface area contributed by atoms with Crippen LogP contribution in [0.4, 0.5) is 10.2 Å². The first-order chi connectivity index (χ1) is 11.6.